The van der Waals surface area contributed by atoms with Crippen LogP contribution in [0.3, 0.4) is 0 Å². The second-order valence-corrected chi connectivity index (χ2v) is 15.8. The van der Waals surface area contributed by atoms with E-state index in [2.05, 4.69) is 93.2 Å². The molecule has 12 heteroatoms. The molecular formula is C45H51N7O5. The zero-order chi connectivity index (χ0) is 39.6. The van der Waals surface area contributed by atoms with Crippen molar-refractivity contribution in [3.05, 3.63) is 108 Å². The van der Waals surface area contributed by atoms with Crippen LogP contribution in [0.15, 0.2) is 91.3 Å². The first kappa shape index (κ1) is 38.1. The van der Waals surface area contributed by atoms with Crippen molar-refractivity contribution >= 4 is 17.9 Å². The number of ether oxygens (including phenoxy) is 2. The summed E-state index contributed by atoms with van der Waals surface area (Å²) in [6.07, 6.45) is 7.40. The van der Waals surface area contributed by atoms with Crippen LogP contribution in [-0.4, -0.2) is 75.7 Å². The molecule has 0 spiro atoms. The van der Waals surface area contributed by atoms with Crippen molar-refractivity contribution in [3.63, 3.8) is 0 Å². The second kappa shape index (κ2) is 16.4. The Morgan fingerprint density at radius 1 is 0.754 bits per heavy atom. The lowest BCUT2D eigenvalue weighted by Crippen LogP contribution is -2.54. The first-order valence-corrected chi connectivity index (χ1v) is 20.1. The van der Waals surface area contributed by atoms with Gasteiger partial charge in [-0.1, -0.05) is 78.9 Å². The maximum atomic E-state index is 13.7. The third kappa shape index (κ3) is 7.70. The van der Waals surface area contributed by atoms with Crippen LogP contribution >= 0.6 is 0 Å². The lowest BCUT2D eigenvalue weighted by molar-refractivity contribution is -0.137. The molecule has 12 nitrogen and oxygen atoms in total. The summed E-state index contributed by atoms with van der Waals surface area (Å²) in [5.41, 5.74) is 7.12. The minimum absolute atomic E-state index is 0.0468. The average molecular weight is 770 g/mol. The molecule has 2 aromatic heterocycles. The highest BCUT2D eigenvalue weighted by molar-refractivity contribution is 5.87. The van der Waals surface area contributed by atoms with Crippen LogP contribution < -0.4 is 10.6 Å². The lowest BCUT2D eigenvalue weighted by Gasteiger charge is -2.30. The van der Waals surface area contributed by atoms with Gasteiger partial charge in [-0.05, 0) is 85.6 Å². The van der Waals surface area contributed by atoms with Crippen molar-refractivity contribution in [2.24, 2.45) is 17.8 Å². The second-order valence-electron chi connectivity index (χ2n) is 15.8. The van der Waals surface area contributed by atoms with Crippen LogP contribution in [-0.2, 0) is 19.1 Å². The lowest BCUT2D eigenvalue weighted by atomic mass is 9.78. The number of hydrogen-bond donors (Lipinski definition) is 4. The molecule has 2 bridgehead atoms. The first-order chi connectivity index (χ1) is 27.7. The van der Waals surface area contributed by atoms with Gasteiger partial charge in [-0.25, -0.2) is 14.8 Å². The Balaban J connectivity index is 0.922. The van der Waals surface area contributed by atoms with Crippen LogP contribution in [0, 0.1) is 17.8 Å². The molecule has 296 valence electrons. The molecule has 1 saturated heterocycles. The topological polar surface area (TPSA) is 154 Å². The smallest absolute Gasteiger partial charge is 0.407 e. The van der Waals surface area contributed by atoms with E-state index in [1.807, 2.05) is 24.4 Å². The van der Waals surface area contributed by atoms with Gasteiger partial charge in [-0.2, -0.15) is 0 Å². The van der Waals surface area contributed by atoms with Crippen molar-refractivity contribution in [2.45, 2.75) is 76.1 Å². The van der Waals surface area contributed by atoms with Crippen LogP contribution in [0.1, 0.15) is 81.2 Å². The number of nitrogens with zero attached hydrogens (tertiary/aromatic N) is 3. The normalized spacial score (nSPS) is 22.9. The number of nitrogens with one attached hydrogen (secondary N) is 4. The molecule has 4 N–H and O–H groups in total. The predicted molar refractivity (Wildman–Crippen MR) is 217 cm³/mol. The van der Waals surface area contributed by atoms with E-state index in [-0.39, 0.29) is 35.7 Å². The molecule has 2 saturated carbocycles. The number of imidazole rings is 2. The van der Waals surface area contributed by atoms with E-state index >= 15 is 0 Å². The minimum Gasteiger partial charge on any atom is -0.453 e. The van der Waals surface area contributed by atoms with Crippen LogP contribution in [0.2, 0.25) is 0 Å². The first-order valence-electron chi connectivity index (χ1n) is 20.1. The third-order valence-corrected chi connectivity index (χ3v) is 12.5. The molecule has 3 fully saturated rings. The summed E-state index contributed by atoms with van der Waals surface area (Å²) in [5.74, 6) is 2.40. The fourth-order valence-corrected chi connectivity index (χ4v) is 9.38. The van der Waals surface area contributed by atoms with Crippen molar-refractivity contribution in [1.29, 1.82) is 0 Å². The number of hydrogen-bond acceptors (Lipinski definition) is 7. The van der Waals surface area contributed by atoms with Gasteiger partial charge < -0.3 is 35.0 Å². The summed E-state index contributed by atoms with van der Waals surface area (Å²) >= 11 is 0. The summed E-state index contributed by atoms with van der Waals surface area (Å²) in [6, 6.07) is 25.8. The van der Waals surface area contributed by atoms with E-state index < -0.39 is 18.2 Å². The number of benzene rings is 3. The predicted octanol–water partition coefficient (Wildman–Crippen LogP) is 7.56. The van der Waals surface area contributed by atoms with Gasteiger partial charge >= 0.3 is 6.09 Å². The molecule has 0 radical (unpaired) electrons. The van der Waals surface area contributed by atoms with Crippen LogP contribution in [0.5, 0.6) is 0 Å². The van der Waals surface area contributed by atoms with Gasteiger partial charge in [0.05, 0.1) is 55.0 Å². The Labute approximate surface area is 333 Å². The molecular weight excluding hydrogens is 719 g/mol. The number of methoxy groups -OCH3 is 2. The Kier molecular flexibility index (Phi) is 11.0. The van der Waals surface area contributed by atoms with E-state index in [0.29, 0.717) is 24.2 Å². The summed E-state index contributed by atoms with van der Waals surface area (Å²) in [7, 11) is 2.77. The monoisotopic (exact) mass is 769 g/mol. The summed E-state index contributed by atoms with van der Waals surface area (Å²) in [5, 5.41) is 5.94. The molecule has 1 aliphatic heterocycles. The van der Waals surface area contributed by atoms with E-state index in [1.165, 1.54) is 14.2 Å². The van der Waals surface area contributed by atoms with E-state index in [1.54, 1.807) is 18.0 Å². The number of amides is 3. The Bertz CT molecular complexity index is 2180. The maximum Gasteiger partial charge on any atom is 0.407 e. The van der Waals surface area contributed by atoms with Gasteiger partial charge in [-0.15, -0.1) is 0 Å². The number of aromatic nitrogens is 4. The highest BCUT2D eigenvalue weighted by Gasteiger charge is 2.52. The standard InChI is InChI=1S/C45H51N7O5/c1-26(28-9-6-5-7-10-28)48-43(53)39-34-21-20-33(23-34)38(39)42-47-25-36(50-42)32-18-14-30(15-19-32)29-12-16-31(17-13-29)35-24-46-41(49-35)37-11-8-22-52(37)44(54)40(27(2)56-3)51-45(55)57-4/h5-7,9-10,12-19,24-27,33-34,37-40H,8,11,20-23H2,1-4H3,(H,46,49)(H,47,50)(H,48,53)(H,51,55)/t26-,27+,33?,34?,37-,38+,39?,40-/m0/s1. The summed E-state index contributed by atoms with van der Waals surface area (Å²) < 4.78 is 10.2. The number of rotatable bonds is 12. The van der Waals surface area contributed by atoms with Crippen LogP contribution in [0.4, 0.5) is 4.79 Å². The molecule has 5 aromatic rings. The van der Waals surface area contributed by atoms with E-state index in [4.69, 9.17) is 14.5 Å². The fraction of sp³-hybridized carbons (Fsp3) is 0.400. The summed E-state index contributed by atoms with van der Waals surface area (Å²) in [4.78, 5) is 57.8. The van der Waals surface area contributed by atoms with Crippen molar-refractivity contribution in [2.75, 3.05) is 20.8 Å². The van der Waals surface area contributed by atoms with Gasteiger partial charge in [0, 0.05) is 19.6 Å². The van der Waals surface area contributed by atoms with Gasteiger partial charge in [0.1, 0.15) is 17.7 Å². The number of carbonyl (C=O) groups excluding carboxylic acids is 3. The highest BCUT2D eigenvalue weighted by Crippen LogP contribution is 2.56. The number of carbonyl (C=O) groups is 3. The number of fused-ring (bicyclic) bond motifs is 2. The molecule has 3 amide bonds. The van der Waals surface area contributed by atoms with E-state index in [9.17, 15) is 14.4 Å². The van der Waals surface area contributed by atoms with Crippen molar-refractivity contribution in [1.82, 2.24) is 35.5 Å². The number of likely N-dealkylation sites (tertiary alicyclic amines) is 1. The number of H-pyrrole nitrogens is 2. The fourth-order valence-electron chi connectivity index (χ4n) is 9.38. The zero-order valence-electron chi connectivity index (χ0n) is 32.9. The quantitative estimate of drug-likeness (QED) is 0.102. The van der Waals surface area contributed by atoms with Gasteiger partial charge in [0.15, 0.2) is 0 Å². The molecule has 8 rings (SSSR count). The van der Waals surface area contributed by atoms with Crippen LogP contribution in [0.25, 0.3) is 33.6 Å². The van der Waals surface area contributed by atoms with Crippen molar-refractivity contribution < 1.29 is 23.9 Å². The third-order valence-electron chi connectivity index (χ3n) is 12.5. The Hall–Kier alpha value is -5.75. The molecule has 8 atom stereocenters. The minimum atomic E-state index is -0.884. The van der Waals surface area contributed by atoms with Crippen molar-refractivity contribution in [3.8, 4) is 33.6 Å². The largest absolute Gasteiger partial charge is 0.453 e. The molecule has 3 aliphatic rings. The molecule has 3 aromatic carbocycles. The Morgan fingerprint density at radius 3 is 1.98 bits per heavy atom. The Morgan fingerprint density at radius 2 is 1.35 bits per heavy atom. The molecule has 3 unspecified atom stereocenters. The van der Waals surface area contributed by atoms with Gasteiger partial charge in [0.2, 0.25) is 11.8 Å². The average Bonchev–Trinajstić information content (AvgIpc) is 4.11. The molecule has 57 heavy (non-hydrogen) atoms. The summed E-state index contributed by atoms with van der Waals surface area (Å²) in [6.45, 7) is 4.35. The zero-order valence-corrected chi connectivity index (χ0v) is 32.9. The SMILES string of the molecule is COC(=O)N[C@H](C(=O)N1CCC[C@H]1c1ncc(-c2ccc(-c3ccc(-c4cnc([C@@H]5C6CCC(C6)C5C(=O)N[C@@H](C)c5ccccc5)[nH]4)cc3)cc2)[nH]1)[C@@H](C)OC. The number of aromatic amines is 2. The van der Waals surface area contributed by atoms with Gasteiger partial charge in [-0.3, -0.25) is 9.59 Å². The molecule has 2 aliphatic carbocycles. The maximum absolute atomic E-state index is 13.7. The molecule has 3 heterocycles. The van der Waals surface area contributed by atoms with Gasteiger partial charge in [0.25, 0.3) is 0 Å². The van der Waals surface area contributed by atoms with E-state index in [0.717, 1.165) is 77.1 Å². The number of alkyl carbamates (subject to hydrolysis) is 1. The highest BCUT2D eigenvalue weighted by atomic mass is 16.5.